The van der Waals surface area contributed by atoms with E-state index in [2.05, 4.69) is 11.9 Å². The van der Waals surface area contributed by atoms with Crippen molar-refractivity contribution in [1.29, 1.82) is 0 Å². The number of nitrogens with zero attached hydrogens (tertiary/aromatic N) is 1. The van der Waals surface area contributed by atoms with Gasteiger partial charge in [0.25, 0.3) is 0 Å². The Morgan fingerprint density at radius 1 is 1.56 bits per heavy atom. The highest BCUT2D eigenvalue weighted by molar-refractivity contribution is 5.78. The molecule has 1 aromatic rings. The normalized spacial score (nSPS) is 12.2. The van der Waals surface area contributed by atoms with Crippen LogP contribution in [-0.2, 0) is 9.53 Å². The van der Waals surface area contributed by atoms with Crippen LogP contribution >= 0.6 is 0 Å². The molecule has 3 heteroatoms. The van der Waals surface area contributed by atoms with Crippen LogP contribution in [0.1, 0.15) is 43.2 Å². The van der Waals surface area contributed by atoms with Crippen molar-refractivity contribution in [2.75, 3.05) is 7.11 Å². The highest BCUT2D eigenvalue weighted by atomic mass is 16.5. The van der Waals surface area contributed by atoms with Gasteiger partial charge < -0.3 is 4.74 Å². The Morgan fingerprint density at radius 3 is 2.88 bits per heavy atom. The van der Waals surface area contributed by atoms with E-state index < -0.39 is 0 Å². The lowest BCUT2D eigenvalue weighted by atomic mass is 9.92. The van der Waals surface area contributed by atoms with Crippen molar-refractivity contribution in [3.63, 3.8) is 0 Å². The lowest BCUT2D eigenvalue weighted by molar-refractivity contribution is -0.142. The molecular formula is C13H19NO2. The van der Waals surface area contributed by atoms with Crippen molar-refractivity contribution in [3.05, 3.63) is 29.6 Å². The van der Waals surface area contributed by atoms with E-state index in [4.69, 9.17) is 4.74 Å². The van der Waals surface area contributed by atoms with Gasteiger partial charge >= 0.3 is 5.97 Å². The Balaban J connectivity index is 2.92. The predicted octanol–water partition coefficient (Wildman–Crippen LogP) is 2.84. The second-order valence-electron chi connectivity index (χ2n) is 3.95. The van der Waals surface area contributed by atoms with Crippen LogP contribution in [-0.4, -0.2) is 18.1 Å². The van der Waals surface area contributed by atoms with Crippen LogP contribution in [0.5, 0.6) is 0 Å². The maximum absolute atomic E-state index is 11.7. The summed E-state index contributed by atoms with van der Waals surface area (Å²) in [7, 11) is 1.44. The minimum absolute atomic E-state index is 0.162. The first kappa shape index (κ1) is 12.7. The topological polar surface area (TPSA) is 39.2 Å². The van der Waals surface area contributed by atoms with Gasteiger partial charge in [0.05, 0.1) is 13.0 Å². The van der Waals surface area contributed by atoms with E-state index in [1.165, 1.54) is 7.11 Å². The van der Waals surface area contributed by atoms with Crippen molar-refractivity contribution in [2.24, 2.45) is 0 Å². The number of unbranched alkanes of at least 4 members (excludes halogenated alkanes) is 1. The molecule has 0 aliphatic carbocycles. The molecule has 0 aliphatic rings. The summed E-state index contributed by atoms with van der Waals surface area (Å²) in [6.45, 7) is 4.11. The van der Waals surface area contributed by atoms with E-state index in [9.17, 15) is 4.79 Å². The summed E-state index contributed by atoms with van der Waals surface area (Å²) >= 11 is 0. The number of hydrogen-bond donors (Lipinski definition) is 0. The third kappa shape index (κ3) is 3.05. The third-order valence-electron chi connectivity index (χ3n) is 2.79. The first-order chi connectivity index (χ1) is 7.70. The number of pyridine rings is 1. The molecule has 1 atom stereocenters. The van der Waals surface area contributed by atoms with Crippen LogP contribution in [0.3, 0.4) is 0 Å². The second-order valence-corrected chi connectivity index (χ2v) is 3.95. The zero-order chi connectivity index (χ0) is 12.0. The standard InChI is InChI=1S/C13H19NO2/c1-4-5-6-11(13(15)16-3)12-9-14-8-7-10(12)2/h7-9,11H,4-6H2,1-3H3. The molecule has 1 aromatic heterocycles. The molecule has 0 aromatic carbocycles. The SMILES string of the molecule is CCCCC(C(=O)OC)c1cnccc1C. The molecule has 0 aliphatic heterocycles. The van der Waals surface area contributed by atoms with Gasteiger partial charge in [-0.3, -0.25) is 9.78 Å². The van der Waals surface area contributed by atoms with Gasteiger partial charge in [-0.2, -0.15) is 0 Å². The maximum Gasteiger partial charge on any atom is 0.313 e. The summed E-state index contributed by atoms with van der Waals surface area (Å²) in [6.07, 6.45) is 6.44. The molecule has 0 saturated heterocycles. The van der Waals surface area contributed by atoms with Gasteiger partial charge in [-0.15, -0.1) is 0 Å². The summed E-state index contributed by atoms with van der Waals surface area (Å²) in [6, 6.07) is 1.93. The Labute approximate surface area is 96.8 Å². The van der Waals surface area contributed by atoms with Gasteiger partial charge in [-0.1, -0.05) is 19.8 Å². The van der Waals surface area contributed by atoms with E-state index in [0.717, 1.165) is 30.4 Å². The van der Waals surface area contributed by atoms with Crippen molar-refractivity contribution < 1.29 is 9.53 Å². The van der Waals surface area contributed by atoms with E-state index >= 15 is 0 Å². The van der Waals surface area contributed by atoms with Gasteiger partial charge in [0, 0.05) is 12.4 Å². The fourth-order valence-corrected chi connectivity index (χ4v) is 1.79. The third-order valence-corrected chi connectivity index (χ3v) is 2.79. The van der Waals surface area contributed by atoms with Gasteiger partial charge in [0.1, 0.15) is 0 Å². The molecule has 3 nitrogen and oxygen atoms in total. The van der Waals surface area contributed by atoms with Gasteiger partial charge in [0.15, 0.2) is 0 Å². The Kier molecular flexibility index (Phi) is 4.96. The van der Waals surface area contributed by atoms with Crippen LogP contribution in [0.25, 0.3) is 0 Å². The molecule has 1 unspecified atom stereocenters. The highest BCUT2D eigenvalue weighted by Gasteiger charge is 2.22. The molecule has 1 rings (SSSR count). The average molecular weight is 221 g/mol. The number of rotatable bonds is 5. The summed E-state index contributed by atoms with van der Waals surface area (Å²) in [5.41, 5.74) is 2.09. The van der Waals surface area contributed by atoms with Crippen LogP contribution in [0.15, 0.2) is 18.5 Å². The number of esters is 1. The van der Waals surface area contributed by atoms with Crippen LogP contribution < -0.4 is 0 Å². The number of aromatic nitrogens is 1. The number of aryl methyl sites for hydroxylation is 1. The number of hydrogen-bond acceptors (Lipinski definition) is 3. The lowest BCUT2D eigenvalue weighted by Crippen LogP contribution is -2.15. The first-order valence-corrected chi connectivity index (χ1v) is 5.69. The van der Waals surface area contributed by atoms with E-state index in [0.29, 0.717) is 0 Å². The summed E-state index contributed by atoms with van der Waals surface area (Å²) in [4.78, 5) is 15.8. The molecule has 1 heterocycles. The molecule has 16 heavy (non-hydrogen) atoms. The minimum Gasteiger partial charge on any atom is -0.469 e. The Bertz CT molecular complexity index is 350. The Hall–Kier alpha value is -1.38. The molecule has 0 amide bonds. The fraction of sp³-hybridized carbons (Fsp3) is 0.538. The molecule has 0 N–H and O–H groups in total. The molecule has 0 saturated carbocycles. The smallest absolute Gasteiger partial charge is 0.313 e. The Morgan fingerprint density at radius 2 is 2.31 bits per heavy atom. The van der Waals surface area contributed by atoms with Crippen molar-refractivity contribution in [3.8, 4) is 0 Å². The minimum atomic E-state index is -0.168. The monoisotopic (exact) mass is 221 g/mol. The number of ether oxygens (including phenoxy) is 1. The van der Waals surface area contributed by atoms with E-state index in [1.54, 1.807) is 12.4 Å². The average Bonchev–Trinajstić information content (AvgIpc) is 2.31. The predicted molar refractivity (Wildman–Crippen MR) is 63.3 cm³/mol. The largest absolute Gasteiger partial charge is 0.469 e. The number of methoxy groups -OCH3 is 1. The summed E-state index contributed by atoms with van der Waals surface area (Å²) < 4.78 is 4.85. The van der Waals surface area contributed by atoms with Crippen LogP contribution in [0, 0.1) is 6.92 Å². The maximum atomic E-state index is 11.7. The van der Waals surface area contributed by atoms with Crippen molar-refractivity contribution >= 4 is 5.97 Å². The number of carbonyl (C=O) groups excluding carboxylic acids is 1. The van der Waals surface area contributed by atoms with E-state index in [1.807, 2.05) is 13.0 Å². The second kappa shape index (κ2) is 6.26. The zero-order valence-corrected chi connectivity index (χ0v) is 10.2. The van der Waals surface area contributed by atoms with Crippen LogP contribution in [0.2, 0.25) is 0 Å². The molecule has 88 valence electrons. The van der Waals surface area contributed by atoms with E-state index in [-0.39, 0.29) is 11.9 Å². The quantitative estimate of drug-likeness (QED) is 0.718. The van der Waals surface area contributed by atoms with Crippen LogP contribution in [0.4, 0.5) is 0 Å². The lowest BCUT2D eigenvalue weighted by Gasteiger charge is -2.16. The molecule has 0 fully saturated rings. The molecule has 0 bridgehead atoms. The van der Waals surface area contributed by atoms with Gasteiger partial charge in [-0.25, -0.2) is 0 Å². The van der Waals surface area contributed by atoms with Crippen molar-refractivity contribution in [2.45, 2.75) is 39.0 Å². The highest BCUT2D eigenvalue weighted by Crippen LogP contribution is 2.25. The van der Waals surface area contributed by atoms with Gasteiger partial charge in [0.2, 0.25) is 0 Å². The first-order valence-electron chi connectivity index (χ1n) is 5.69. The fourth-order valence-electron chi connectivity index (χ4n) is 1.79. The molecule has 0 radical (unpaired) electrons. The van der Waals surface area contributed by atoms with Gasteiger partial charge in [-0.05, 0) is 30.5 Å². The molecular weight excluding hydrogens is 202 g/mol. The molecule has 0 spiro atoms. The zero-order valence-electron chi connectivity index (χ0n) is 10.2. The summed E-state index contributed by atoms with van der Waals surface area (Å²) in [5.74, 6) is -0.330. The number of carbonyl (C=O) groups is 1. The summed E-state index contributed by atoms with van der Waals surface area (Å²) in [5, 5.41) is 0. The van der Waals surface area contributed by atoms with Crippen molar-refractivity contribution in [1.82, 2.24) is 4.98 Å².